The molecule has 0 fully saturated rings. The molecule has 0 heterocycles. The van der Waals surface area contributed by atoms with Crippen molar-refractivity contribution in [1.29, 1.82) is 0 Å². The Morgan fingerprint density at radius 1 is 1.06 bits per heavy atom. The lowest BCUT2D eigenvalue weighted by Gasteiger charge is -2.19. The van der Waals surface area contributed by atoms with Crippen LogP contribution in [0.5, 0.6) is 5.75 Å². The maximum atomic E-state index is 12.5. The third kappa shape index (κ3) is 6.23. The standard InChI is InChI=1S/C23H24N4O6S/c1-26(19-6-3-2-4-7-19)15-5-14-24-23(29)17-8-10-18(11-9-17)25-34(32,33)20-12-13-22(28)21(16-20)27(30)31/h2-4,6-13,16,25,28H,5,14-15H2,1H3,(H,24,29). The van der Waals surface area contributed by atoms with E-state index in [4.69, 9.17) is 0 Å². The molecule has 10 nitrogen and oxygen atoms in total. The summed E-state index contributed by atoms with van der Waals surface area (Å²) >= 11 is 0. The summed E-state index contributed by atoms with van der Waals surface area (Å²) in [7, 11) is -2.16. The van der Waals surface area contributed by atoms with Gasteiger partial charge in [-0.2, -0.15) is 0 Å². The van der Waals surface area contributed by atoms with Gasteiger partial charge >= 0.3 is 5.69 Å². The van der Waals surface area contributed by atoms with E-state index >= 15 is 0 Å². The van der Waals surface area contributed by atoms with Gasteiger partial charge in [-0.25, -0.2) is 8.42 Å². The summed E-state index contributed by atoms with van der Waals surface area (Å²) < 4.78 is 27.4. The molecule has 0 saturated carbocycles. The van der Waals surface area contributed by atoms with Crippen LogP contribution in [-0.4, -0.2) is 44.5 Å². The number of sulfonamides is 1. The van der Waals surface area contributed by atoms with Crippen LogP contribution in [0.2, 0.25) is 0 Å². The van der Waals surface area contributed by atoms with Gasteiger partial charge < -0.3 is 15.3 Å². The van der Waals surface area contributed by atoms with Gasteiger partial charge in [-0.15, -0.1) is 0 Å². The van der Waals surface area contributed by atoms with E-state index in [1.165, 1.54) is 24.3 Å². The minimum Gasteiger partial charge on any atom is -0.502 e. The first-order valence-electron chi connectivity index (χ1n) is 10.3. The van der Waals surface area contributed by atoms with E-state index in [1.54, 1.807) is 0 Å². The molecule has 3 aromatic rings. The van der Waals surface area contributed by atoms with E-state index < -0.39 is 26.4 Å². The fourth-order valence-electron chi connectivity index (χ4n) is 3.15. The van der Waals surface area contributed by atoms with Crippen molar-refractivity contribution in [3.05, 3.63) is 88.5 Å². The first kappa shape index (κ1) is 24.5. The van der Waals surface area contributed by atoms with E-state index in [0.717, 1.165) is 36.9 Å². The molecule has 0 aromatic heterocycles. The average Bonchev–Trinajstić information content (AvgIpc) is 2.82. The number of hydrogen-bond donors (Lipinski definition) is 3. The number of phenols is 1. The highest BCUT2D eigenvalue weighted by Crippen LogP contribution is 2.29. The highest BCUT2D eigenvalue weighted by molar-refractivity contribution is 7.92. The van der Waals surface area contributed by atoms with Gasteiger partial charge in [-0.3, -0.25) is 19.6 Å². The van der Waals surface area contributed by atoms with Crippen molar-refractivity contribution < 1.29 is 23.2 Å². The summed E-state index contributed by atoms with van der Waals surface area (Å²) in [5, 5.41) is 23.3. The Kier molecular flexibility index (Phi) is 7.69. The number of hydrogen-bond acceptors (Lipinski definition) is 7. The number of nitrogens with zero attached hydrogens (tertiary/aromatic N) is 2. The van der Waals surface area contributed by atoms with E-state index in [0.29, 0.717) is 12.1 Å². The highest BCUT2D eigenvalue weighted by Gasteiger charge is 2.21. The average molecular weight is 485 g/mol. The molecule has 0 saturated heterocycles. The first-order valence-corrected chi connectivity index (χ1v) is 11.8. The lowest BCUT2D eigenvalue weighted by Crippen LogP contribution is -2.28. The number of anilines is 2. The minimum atomic E-state index is -4.14. The zero-order valence-electron chi connectivity index (χ0n) is 18.3. The van der Waals surface area contributed by atoms with Crippen molar-refractivity contribution in [2.24, 2.45) is 0 Å². The first-order chi connectivity index (χ1) is 16.2. The molecule has 3 aromatic carbocycles. The molecule has 3 N–H and O–H groups in total. The van der Waals surface area contributed by atoms with Gasteiger partial charge in [0.2, 0.25) is 0 Å². The normalized spacial score (nSPS) is 11.0. The van der Waals surface area contributed by atoms with Crippen LogP contribution >= 0.6 is 0 Å². The fraction of sp³-hybridized carbons (Fsp3) is 0.174. The summed E-state index contributed by atoms with van der Waals surface area (Å²) in [6.07, 6.45) is 0.744. The van der Waals surface area contributed by atoms with Gasteiger partial charge in [0.15, 0.2) is 5.75 Å². The fourth-order valence-corrected chi connectivity index (χ4v) is 4.23. The van der Waals surface area contributed by atoms with Crippen molar-refractivity contribution >= 4 is 33.0 Å². The van der Waals surface area contributed by atoms with Crippen LogP contribution in [0.15, 0.2) is 77.7 Å². The van der Waals surface area contributed by atoms with E-state index in [9.17, 15) is 28.4 Å². The van der Waals surface area contributed by atoms with Crippen molar-refractivity contribution in [3.8, 4) is 5.75 Å². The second-order valence-corrected chi connectivity index (χ2v) is 9.14. The van der Waals surface area contributed by atoms with Crippen LogP contribution in [0.4, 0.5) is 17.1 Å². The van der Waals surface area contributed by atoms with Crippen molar-refractivity contribution in [3.63, 3.8) is 0 Å². The Labute approximate surface area is 197 Å². The summed E-state index contributed by atoms with van der Waals surface area (Å²) in [4.78, 5) is 24.1. The molecule has 0 aliphatic rings. The zero-order chi connectivity index (χ0) is 24.7. The Morgan fingerprint density at radius 2 is 1.74 bits per heavy atom. The molecule has 3 rings (SSSR count). The van der Waals surface area contributed by atoms with Gasteiger partial charge in [0.05, 0.1) is 9.82 Å². The third-order valence-electron chi connectivity index (χ3n) is 5.01. The van der Waals surface area contributed by atoms with Crippen LogP contribution in [0.3, 0.4) is 0 Å². The number of amides is 1. The molecule has 0 unspecified atom stereocenters. The number of phenolic OH excluding ortho intramolecular Hbond substituents is 1. The van der Waals surface area contributed by atoms with Crippen LogP contribution in [0, 0.1) is 10.1 Å². The molecular weight excluding hydrogens is 460 g/mol. The minimum absolute atomic E-state index is 0.178. The van der Waals surface area contributed by atoms with Crippen molar-refractivity contribution in [2.45, 2.75) is 11.3 Å². The molecule has 11 heteroatoms. The Morgan fingerprint density at radius 3 is 2.38 bits per heavy atom. The third-order valence-corrected chi connectivity index (χ3v) is 6.38. The molecule has 34 heavy (non-hydrogen) atoms. The topological polar surface area (TPSA) is 142 Å². The maximum absolute atomic E-state index is 12.5. The summed E-state index contributed by atoms with van der Waals surface area (Å²) in [6, 6.07) is 18.5. The Hall–Kier alpha value is -4.12. The maximum Gasteiger partial charge on any atom is 0.312 e. The van der Waals surface area contributed by atoms with Gasteiger partial charge in [-0.1, -0.05) is 18.2 Å². The van der Waals surface area contributed by atoms with Gasteiger partial charge in [0, 0.05) is 43.1 Å². The van der Waals surface area contributed by atoms with Crippen LogP contribution in [-0.2, 0) is 10.0 Å². The van der Waals surface area contributed by atoms with Gasteiger partial charge in [0.25, 0.3) is 15.9 Å². The predicted octanol–water partition coefficient (Wildman–Crippen LogP) is 3.36. The zero-order valence-corrected chi connectivity index (χ0v) is 19.2. The molecule has 0 atom stereocenters. The lowest BCUT2D eigenvalue weighted by molar-refractivity contribution is -0.386. The molecule has 0 aliphatic carbocycles. The molecule has 0 bridgehead atoms. The molecular formula is C23H24N4O6S. The van der Waals surface area contributed by atoms with E-state index in [1.807, 2.05) is 37.4 Å². The lowest BCUT2D eigenvalue weighted by atomic mass is 10.2. The number of carbonyl (C=O) groups excluding carboxylic acids is 1. The van der Waals surface area contributed by atoms with E-state index in [-0.39, 0.29) is 16.5 Å². The quantitative estimate of drug-likeness (QED) is 0.228. The molecule has 0 spiro atoms. The summed E-state index contributed by atoms with van der Waals surface area (Å²) in [5.74, 6) is -0.919. The number of nitro groups is 1. The number of nitro benzene ring substituents is 1. The largest absolute Gasteiger partial charge is 0.502 e. The number of carbonyl (C=O) groups is 1. The number of nitrogens with one attached hydrogen (secondary N) is 2. The second-order valence-electron chi connectivity index (χ2n) is 7.46. The van der Waals surface area contributed by atoms with Crippen LogP contribution in [0.25, 0.3) is 0 Å². The highest BCUT2D eigenvalue weighted by atomic mass is 32.2. The SMILES string of the molecule is CN(CCCNC(=O)c1ccc(NS(=O)(=O)c2ccc(O)c([N+](=O)[O-])c2)cc1)c1ccccc1. The summed E-state index contributed by atoms with van der Waals surface area (Å²) in [5.41, 5.74) is 0.912. The smallest absolute Gasteiger partial charge is 0.312 e. The van der Waals surface area contributed by atoms with Crippen molar-refractivity contribution in [1.82, 2.24) is 5.32 Å². The monoisotopic (exact) mass is 484 g/mol. The number of para-hydroxylation sites is 1. The van der Waals surface area contributed by atoms with Crippen LogP contribution in [0.1, 0.15) is 16.8 Å². The second kappa shape index (κ2) is 10.7. The summed E-state index contributed by atoms with van der Waals surface area (Å²) in [6.45, 7) is 1.24. The number of benzene rings is 3. The van der Waals surface area contributed by atoms with Crippen molar-refractivity contribution in [2.75, 3.05) is 29.8 Å². The van der Waals surface area contributed by atoms with E-state index in [2.05, 4.69) is 14.9 Å². The molecule has 1 amide bonds. The number of rotatable bonds is 10. The van der Waals surface area contributed by atoms with Gasteiger partial charge in [-0.05, 0) is 55.0 Å². The Bertz CT molecular complexity index is 1260. The molecule has 178 valence electrons. The Balaban J connectivity index is 1.54. The van der Waals surface area contributed by atoms with Gasteiger partial charge in [0.1, 0.15) is 0 Å². The number of aromatic hydroxyl groups is 1. The van der Waals surface area contributed by atoms with Crippen LogP contribution < -0.4 is 14.9 Å². The molecule has 0 radical (unpaired) electrons. The predicted molar refractivity (Wildman–Crippen MR) is 129 cm³/mol. The molecule has 0 aliphatic heterocycles.